The van der Waals surface area contributed by atoms with Crippen LogP contribution in [0, 0.1) is 18.3 Å². The fraction of sp³-hybridized carbons (Fsp3) is 0.421. The van der Waals surface area contributed by atoms with Crippen molar-refractivity contribution in [3.8, 4) is 6.07 Å². The summed E-state index contributed by atoms with van der Waals surface area (Å²) >= 11 is 0. The summed E-state index contributed by atoms with van der Waals surface area (Å²) in [7, 11) is 0. The molecule has 0 bridgehead atoms. The van der Waals surface area contributed by atoms with Gasteiger partial charge in [0.25, 0.3) is 0 Å². The van der Waals surface area contributed by atoms with Crippen LogP contribution in [0.4, 0.5) is 0 Å². The first-order valence-electron chi connectivity index (χ1n) is 8.06. The number of nitrogens with one attached hydrogen (secondary N) is 1. The van der Waals surface area contributed by atoms with Crippen molar-refractivity contribution in [1.82, 2.24) is 5.32 Å². The third kappa shape index (κ3) is 8.74. The molecule has 5 heteroatoms. The Kier molecular flexibility index (Phi) is 11.5. The van der Waals surface area contributed by atoms with E-state index in [1.807, 2.05) is 45.0 Å². The van der Waals surface area contributed by atoms with Gasteiger partial charge in [-0.05, 0) is 18.9 Å². The molecule has 130 valence electrons. The monoisotopic (exact) mass is 330 g/mol. The minimum absolute atomic E-state index is 0.245. The molecule has 1 rings (SSSR count). The number of carbonyl (C=O) groups excluding carboxylic acids is 2. The highest BCUT2D eigenvalue weighted by atomic mass is 16.5. The zero-order valence-electron chi connectivity index (χ0n) is 14.7. The molecule has 24 heavy (non-hydrogen) atoms. The molecule has 0 heterocycles. The fourth-order valence-corrected chi connectivity index (χ4v) is 1.86. The standard InChI is InChI=1S/C17H20N2O3.C2H6/c1-3-4-5-16(20)19-15(17(21)22-11-10-18)12-14-8-6-13(2)7-9-14;1-2/h3,6-9,15H,1,4-5,11-12H2,2H3,(H,19,20);1-2H3/t15-;/m0./s1. The number of esters is 1. The molecule has 0 radical (unpaired) electrons. The van der Waals surface area contributed by atoms with E-state index in [0.717, 1.165) is 11.1 Å². The van der Waals surface area contributed by atoms with Crippen LogP contribution in [0.25, 0.3) is 0 Å². The van der Waals surface area contributed by atoms with Gasteiger partial charge >= 0.3 is 5.97 Å². The molecule has 5 nitrogen and oxygen atoms in total. The molecule has 0 unspecified atom stereocenters. The number of carbonyl (C=O) groups is 2. The first kappa shape index (κ1) is 21.4. The molecular formula is C19H26N2O3. The quantitative estimate of drug-likeness (QED) is 0.587. The maximum atomic E-state index is 12.0. The number of allylic oxidation sites excluding steroid dienone is 1. The molecule has 1 atom stereocenters. The Morgan fingerprint density at radius 1 is 1.33 bits per heavy atom. The first-order chi connectivity index (χ1) is 11.6. The van der Waals surface area contributed by atoms with E-state index in [9.17, 15) is 9.59 Å². The maximum Gasteiger partial charge on any atom is 0.330 e. The van der Waals surface area contributed by atoms with Gasteiger partial charge in [0.1, 0.15) is 12.1 Å². The second-order valence-electron chi connectivity index (χ2n) is 4.90. The van der Waals surface area contributed by atoms with E-state index in [1.54, 1.807) is 12.1 Å². The molecule has 1 aromatic carbocycles. The highest BCUT2D eigenvalue weighted by molar-refractivity contribution is 5.84. The van der Waals surface area contributed by atoms with Crippen molar-refractivity contribution in [2.24, 2.45) is 0 Å². The molecule has 0 saturated carbocycles. The van der Waals surface area contributed by atoms with Crippen LogP contribution < -0.4 is 5.32 Å². The smallest absolute Gasteiger partial charge is 0.330 e. The van der Waals surface area contributed by atoms with Gasteiger partial charge in [-0.1, -0.05) is 49.8 Å². The van der Waals surface area contributed by atoms with Gasteiger partial charge in [0.05, 0.1) is 0 Å². The predicted octanol–water partition coefficient (Wildman–Crippen LogP) is 3.08. The van der Waals surface area contributed by atoms with Gasteiger partial charge < -0.3 is 10.1 Å². The predicted molar refractivity (Wildman–Crippen MR) is 94.2 cm³/mol. The molecule has 0 aromatic heterocycles. The molecule has 0 saturated heterocycles. The van der Waals surface area contributed by atoms with Crippen LogP contribution >= 0.6 is 0 Å². The van der Waals surface area contributed by atoms with Crippen molar-refractivity contribution in [3.05, 3.63) is 48.0 Å². The van der Waals surface area contributed by atoms with Gasteiger partial charge in [0.2, 0.25) is 5.91 Å². The number of aryl methyl sites for hydroxylation is 1. The Labute approximate surface area is 144 Å². The van der Waals surface area contributed by atoms with Gasteiger partial charge in [0, 0.05) is 12.8 Å². The largest absolute Gasteiger partial charge is 0.449 e. The number of amides is 1. The van der Waals surface area contributed by atoms with Crippen LogP contribution in [0.3, 0.4) is 0 Å². The molecular weight excluding hydrogens is 304 g/mol. The van der Waals surface area contributed by atoms with Crippen LogP contribution in [0.1, 0.15) is 37.8 Å². The average Bonchev–Trinajstić information content (AvgIpc) is 2.60. The first-order valence-corrected chi connectivity index (χ1v) is 8.06. The minimum atomic E-state index is -0.798. The van der Waals surface area contributed by atoms with E-state index in [4.69, 9.17) is 10.00 Å². The maximum absolute atomic E-state index is 12.0. The zero-order valence-corrected chi connectivity index (χ0v) is 14.7. The summed E-state index contributed by atoms with van der Waals surface area (Å²) in [5.74, 6) is -0.847. The summed E-state index contributed by atoms with van der Waals surface area (Å²) in [5, 5.41) is 11.1. The lowest BCUT2D eigenvalue weighted by molar-refractivity contribution is -0.146. The minimum Gasteiger partial charge on any atom is -0.449 e. The van der Waals surface area contributed by atoms with Crippen LogP contribution in [0.15, 0.2) is 36.9 Å². The SMILES string of the molecule is C=CCCC(=O)N[C@@H](Cc1ccc(C)cc1)C(=O)OCC#N.CC. The number of benzene rings is 1. The summed E-state index contributed by atoms with van der Waals surface area (Å²) in [6, 6.07) is 8.62. The number of nitriles is 1. The van der Waals surface area contributed by atoms with E-state index in [1.165, 1.54) is 0 Å². The Morgan fingerprint density at radius 2 is 1.96 bits per heavy atom. The van der Waals surface area contributed by atoms with Crippen molar-refractivity contribution >= 4 is 11.9 Å². The van der Waals surface area contributed by atoms with Gasteiger partial charge in [-0.15, -0.1) is 6.58 Å². The Morgan fingerprint density at radius 3 is 2.50 bits per heavy atom. The van der Waals surface area contributed by atoms with Crippen LogP contribution in [-0.2, 0) is 20.7 Å². The second kappa shape index (κ2) is 12.9. The van der Waals surface area contributed by atoms with Crippen molar-refractivity contribution in [2.75, 3.05) is 6.61 Å². The van der Waals surface area contributed by atoms with Gasteiger partial charge in [-0.2, -0.15) is 5.26 Å². The van der Waals surface area contributed by atoms with Crippen LogP contribution in [0.5, 0.6) is 0 Å². The number of nitrogens with zero attached hydrogens (tertiary/aromatic N) is 1. The third-order valence-electron chi connectivity index (χ3n) is 3.03. The number of rotatable bonds is 8. The lowest BCUT2D eigenvalue weighted by Crippen LogP contribution is -2.43. The van der Waals surface area contributed by atoms with Gasteiger partial charge in [-0.25, -0.2) is 4.79 Å². The highest BCUT2D eigenvalue weighted by Crippen LogP contribution is 2.08. The van der Waals surface area contributed by atoms with E-state index in [-0.39, 0.29) is 18.9 Å². The van der Waals surface area contributed by atoms with E-state index in [0.29, 0.717) is 12.8 Å². The summed E-state index contributed by atoms with van der Waals surface area (Å²) in [4.78, 5) is 23.8. The third-order valence-corrected chi connectivity index (χ3v) is 3.03. The van der Waals surface area contributed by atoms with Crippen molar-refractivity contribution in [2.45, 2.75) is 46.1 Å². The Bertz CT molecular complexity index is 559. The van der Waals surface area contributed by atoms with Crippen LogP contribution in [0.2, 0.25) is 0 Å². The number of ether oxygens (including phenoxy) is 1. The lowest BCUT2D eigenvalue weighted by atomic mass is 10.0. The fourth-order valence-electron chi connectivity index (χ4n) is 1.86. The molecule has 1 N–H and O–H groups in total. The molecule has 0 spiro atoms. The summed E-state index contributed by atoms with van der Waals surface area (Å²) < 4.78 is 4.82. The van der Waals surface area contributed by atoms with Crippen molar-refractivity contribution in [3.63, 3.8) is 0 Å². The van der Waals surface area contributed by atoms with E-state index in [2.05, 4.69) is 11.9 Å². The Balaban J connectivity index is 0.00000254. The van der Waals surface area contributed by atoms with Crippen LogP contribution in [-0.4, -0.2) is 24.5 Å². The molecule has 0 fully saturated rings. The van der Waals surface area contributed by atoms with Gasteiger partial charge in [0.15, 0.2) is 6.61 Å². The molecule has 0 aliphatic rings. The average molecular weight is 330 g/mol. The van der Waals surface area contributed by atoms with Gasteiger partial charge in [-0.3, -0.25) is 4.79 Å². The van der Waals surface area contributed by atoms with Crippen molar-refractivity contribution in [1.29, 1.82) is 5.26 Å². The molecule has 0 aliphatic heterocycles. The summed E-state index contributed by atoms with van der Waals surface area (Å²) in [6.07, 6.45) is 2.77. The number of hydrogen-bond acceptors (Lipinski definition) is 4. The van der Waals surface area contributed by atoms with Crippen molar-refractivity contribution < 1.29 is 14.3 Å². The van der Waals surface area contributed by atoms with E-state index < -0.39 is 12.0 Å². The Hall–Kier alpha value is -2.61. The molecule has 1 aromatic rings. The lowest BCUT2D eigenvalue weighted by Gasteiger charge is -2.17. The molecule has 1 amide bonds. The zero-order chi connectivity index (χ0) is 18.4. The van der Waals surface area contributed by atoms with E-state index >= 15 is 0 Å². The summed E-state index contributed by atoms with van der Waals surface area (Å²) in [5.41, 5.74) is 2.02. The summed E-state index contributed by atoms with van der Waals surface area (Å²) in [6.45, 7) is 9.20. The topological polar surface area (TPSA) is 79.2 Å². The highest BCUT2D eigenvalue weighted by Gasteiger charge is 2.22. The second-order valence-corrected chi connectivity index (χ2v) is 4.90. The number of hydrogen-bond donors (Lipinski definition) is 1. The normalized spacial score (nSPS) is 10.4. The molecule has 0 aliphatic carbocycles.